The van der Waals surface area contributed by atoms with Crippen molar-refractivity contribution in [3.63, 3.8) is 0 Å². The Morgan fingerprint density at radius 3 is 2.36 bits per heavy atom. The molecular weight excluding hydrogens is 294 g/mol. The summed E-state index contributed by atoms with van der Waals surface area (Å²) in [5, 5.41) is 0.897. The number of carbonyl (C=O) groups excluding carboxylic acids is 1. The number of amides is 1. The maximum absolute atomic E-state index is 12.7. The number of thiophene rings is 1. The van der Waals surface area contributed by atoms with Gasteiger partial charge in [0.25, 0.3) is 5.91 Å². The molecule has 0 bridgehead atoms. The summed E-state index contributed by atoms with van der Waals surface area (Å²) < 4.78 is 0. The van der Waals surface area contributed by atoms with E-state index in [9.17, 15) is 4.79 Å². The zero-order valence-corrected chi connectivity index (χ0v) is 14.1. The Bertz CT molecular complexity index is 751. The number of nitrogens with two attached hydrogens (primary N) is 1. The van der Waals surface area contributed by atoms with Gasteiger partial charge in [0.1, 0.15) is 9.71 Å². The van der Waals surface area contributed by atoms with Gasteiger partial charge in [0.05, 0.1) is 5.69 Å². The molecule has 0 aliphatic carbocycles. The predicted molar refractivity (Wildman–Crippen MR) is 94.5 cm³/mol. The largest absolute Gasteiger partial charge is 0.397 e. The number of anilines is 1. The summed E-state index contributed by atoms with van der Waals surface area (Å²) in [4.78, 5) is 20.3. The Hall–Kier alpha value is -2.14. The van der Waals surface area contributed by atoms with Gasteiger partial charge < -0.3 is 10.6 Å². The first-order chi connectivity index (χ1) is 10.4. The number of carbonyl (C=O) groups is 1. The summed E-state index contributed by atoms with van der Waals surface area (Å²) in [6, 6.07) is 0. The number of rotatable bonds is 5. The second-order valence-corrected chi connectivity index (χ2v) is 6.26. The van der Waals surface area contributed by atoms with E-state index in [1.54, 1.807) is 17.1 Å². The van der Waals surface area contributed by atoms with Gasteiger partial charge in [-0.05, 0) is 31.9 Å². The number of aromatic nitrogens is 1. The summed E-state index contributed by atoms with van der Waals surface area (Å²) in [5.41, 5.74) is 9.96. The molecule has 1 amide bonds. The quantitative estimate of drug-likeness (QED) is 0.857. The average Bonchev–Trinajstić information content (AvgIpc) is 2.80. The molecule has 0 unspecified atom stereocenters. The zero-order chi connectivity index (χ0) is 16.4. The van der Waals surface area contributed by atoms with Gasteiger partial charge in [-0.3, -0.25) is 4.79 Å². The molecule has 0 aliphatic rings. The second-order valence-electron chi connectivity index (χ2n) is 5.26. The van der Waals surface area contributed by atoms with Crippen molar-refractivity contribution in [2.75, 3.05) is 18.8 Å². The van der Waals surface area contributed by atoms with E-state index in [1.165, 1.54) is 11.3 Å². The van der Waals surface area contributed by atoms with E-state index < -0.39 is 0 Å². The van der Waals surface area contributed by atoms with Crippen LogP contribution in [-0.4, -0.2) is 28.9 Å². The fourth-order valence-corrected chi connectivity index (χ4v) is 3.59. The molecule has 2 heterocycles. The molecule has 2 aromatic heterocycles. The number of nitrogens with zero attached hydrogens (tertiary/aromatic N) is 2. The Morgan fingerprint density at radius 2 is 1.82 bits per heavy atom. The van der Waals surface area contributed by atoms with Crippen molar-refractivity contribution < 1.29 is 4.79 Å². The van der Waals surface area contributed by atoms with Crippen LogP contribution in [0.5, 0.6) is 0 Å². The summed E-state index contributed by atoms with van der Waals surface area (Å²) in [6.07, 6.45) is 3.39. The van der Waals surface area contributed by atoms with Crippen LogP contribution < -0.4 is 5.73 Å². The minimum atomic E-state index is -0.102. The van der Waals surface area contributed by atoms with E-state index in [-0.39, 0.29) is 5.91 Å². The van der Waals surface area contributed by atoms with E-state index in [2.05, 4.69) is 18.1 Å². The highest BCUT2D eigenvalue weighted by Gasteiger charge is 2.23. The van der Waals surface area contributed by atoms with E-state index in [1.807, 2.05) is 20.8 Å². The van der Waals surface area contributed by atoms with Crippen molar-refractivity contribution in [1.82, 2.24) is 9.88 Å². The number of nitrogen functional groups attached to an aromatic ring is 1. The molecule has 0 aromatic carbocycles. The Kier molecular flexibility index (Phi) is 4.66. The van der Waals surface area contributed by atoms with Crippen LogP contribution in [0.3, 0.4) is 0 Å². The summed E-state index contributed by atoms with van der Waals surface area (Å²) in [7, 11) is 0. The highest BCUT2D eigenvalue weighted by atomic mass is 32.1. The molecule has 116 valence electrons. The zero-order valence-electron chi connectivity index (χ0n) is 13.3. The standard InChI is InChI=1S/C17H21N3OS/c1-6-8-20(9-7-2)17(21)15-14(18)13-11(4)10(3)12(5)19-16(13)22-15/h6-7H,1-2,8-9,18H2,3-5H3. The van der Waals surface area contributed by atoms with Gasteiger partial charge >= 0.3 is 0 Å². The number of fused-ring (bicyclic) bond motifs is 1. The van der Waals surface area contributed by atoms with Crippen LogP contribution >= 0.6 is 11.3 Å². The lowest BCUT2D eigenvalue weighted by atomic mass is 10.1. The van der Waals surface area contributed by atoms with E-state index in [4.69, 9.17) is 5.73 Å². The fraction of sp³-hybridized carbons (Fsp3) is 0.294. The lowest BCUT2D eigenvalue weighted by Crippen LogP contribution is -2.31. The van der Waals surface area contributed by atoms with Gasteiger partial charge in [-0.15, -0.1) is 24.5 Å². The summed E-state index contributed by atoms with van der Waals surface area (Å²) >= 11 is 1.35. The van der Waals surface area contributed by atoms with Crippen molar-refractivity contribution in [1.29, 1.82) is 0 Å². The Morgan fingerprint density at radius 1 is 1.23 bits per heavy atom. The predicted octanol–water partition coefficient (Wildman–Crippen LogP) is 3.62. The van der Waals surface area contributed by atoms with Crippen LogP contribution in [0.25, 0.3) is 10.2 Å². The lowest BCUT2D eigenvalue weighted by Gasteiger charge is -2.18. The van der Waals surface area contributed by atoms with Crippen LogP contribution in [-0.2, 0) is 0 Å². The second kappa shape index (κ2) is 6.32. The third-order valence-corrected chi connectivity index (χ3v) is 4.94. The molecule has 2 rings (SSSR count). The van der Waals surface area contributed by atoms with Crippen LogP contribution in [0, 0.1) is 20.8 Å². The minimum absolute atomic E-state index is 0.102. The lowest BCUT2D eigenvalue weighted by molar-refractivity contribution is 0.0796. The van der Waals surface area contributed by atoms with E-state index in [0.29, 0.717) is 23.7 Å². The molecule has 0 atom stereocenters. The minimum Gasteiger partial charge on any atom is -0.397 e. The molecule has 4 nitrogen and oxygen atoms in total. The molecule has 2 aromatic rings. The van der Waals surface area contributed by atoms with Gasteiger partial charge in [0.2, 0.25) is 0 Å². The third kappa shape index (κ3) is 2.64. The summed E-state index contributed by atoms with van der Waals surface area (Å²) in [6.45, 7) is 14.3. The van der Waals surface area contributed by atoms with Gasteiger partial charge in [0, 0.05) is 24.2 Å². The van der Waals surface area contributed by atoms with Crippen molar-refractivity contribution in [2.45, 2.75) is 20.8 Å². The summed E-state index contributed by atoms with van der Waals surface area (Å²) in [5.74, 6) is -0.102. The van der Waals surface area contributed by atoms with E-state index in [0.717, 1.165) is 27.0 Å². The van der Waals surface area contributed by atoms with Gasteiger partial charge in [-0.25, -0.2) is 4.98 Å². The number of hydrogen-bond acceptors (Lipinski definition) is 4. The highest BCUT2D eigenvalue weighted by molar-refractivity contribution is 7.21. The smallest absolute Gasteiger partial charge is 0.266 e. The molecular formula is C17H21N3OS. The first kappa shape index (κ1) is 16.2. The molecule has 2 N–H and O–H groups in total. The van der Waals surface area contributed by atoms with Crippen LogP contribution in [0.1, 0.15) is 26.5 Å². The number of hydrogen-bond donors (Lipinski definition) is 1. The average molecular weight is 315 g/mol. The van der Waals surface area contributed by atoms with Crippen LogP contribution in [0.15, 0.2) is 25.3 Å². The maximum atomic E-state index is 12.7. The number of aryl methyl sites for hydroxylation is 2. The van der Waals surface area contributed by atoms with Crippen molar-refractivity contribution in [3.05, 3.63) is 47.0 Å². The molecule has 0 spiro atoms. The van der Waals surface area contributed by atoms with Crippen molar-refractivity contribution in [2.24, 2.45) is 0 Å². The first-order valence-corrected chi connectivity index (χ1v) is 7.90. The van der Waals surface area contributed by atoms with Gasteiger partial charge in [-0.2, -0.15) is 0 Å². The highest BCUT2D eigenvalue weighted by Crippen LogP contribution is 2.37. The number of pyridine rings is 1. The maximum Gasteiger partial charge on any atom is 0.266 e. The molecule has 0 saturated carbocycles. The van der Waals surface area contributed by atoms with Gasteiger partial charge in [-0.1, -0.05) is 12.2 Å². The van der Waals surface area contributed by atoms with Crippen molar-refractivity contribution in [3.8, 4) is 0 Å². The molecule has 0 radical (unpaired) electrons. The Labute approximate surface area is 135 Å². The van der Waals surface area contributed by atoms with Crippen LogP contribution in [0.2, 0.25) is 0 Å². The van der Waals surface area contributed by atoms with Crippen LogP contribution in [0.4, 0.5) is 5.69 Å². The van der Waals surface area contributed by atoms with Gasteiger partial charge in [0.15, 0.2) is 0 Å². The molecule has 0 aliphatic heterocycles. The molecule has 0 fully saturated rings. The topological polar surface area (TPSA) is 59.2 Å². The van der Waals surface area contributed by atoms with E-state index >= 15 is 0 Å². The fourth-order valence-electron chi connectivity index (χ4n) is 2.42. The third-order valence-electron chi connectivity index (χ3n) is 3.86. The first-order valence-electron chi connectivity index (χ1n) is 7.09. The normalized spacial score (nSPS) is 10.7. The molecule has 0 saturated heterocycles. The Balaban J connectivity index is 2.59. The molecule has 5 heteroatoms. The SMILES string of the molecule is C=CCN(CC=C)C(=O)c1sc2nc(C)c(C)c(C)c2c1N. The van der Waals surface area contributed by atoms with Crippen molar-refractivity contribution >= 4 is 33.1 Å². The molecule has 22 heavy (non-hydrogen) atoms. The monoisotopic (exact) mass is 315 g/mol.